The van der Waals surface area contributed by atoms with E-state index in [0.717, 1.165) is 21.9 Å². The molecule has 29 heavy (non-hydrogen) atoms. The molecule has 0 spiro atoms. The number of hydrogen-bond donors (Lipinski definition) is 3. The second-order valence-corrected chi connectivity index (χ2v) is 8.12. The molecule has 4 rings (SSSR count). The maximum Gasteiger partial charge on any atom is 0.336 e. The lowest BCUT2D eigenvalue weighted by atomic mass is 10.1. The summed E-state index contributed by atoms with van der Waals surface area (Å²) in [5.41, 5.74) is 3.94. The zero-order valence-corrected chi connectivity index (χ0v) is 16.9. The highest BCUT2D eigenvalue weighted by Crippen LogP contribution is 2.26. The number of imidazole rings is 1. The maximum atomic E-state index is 12.4. The number of thiazole rings is 1. The second-order valence-electron chi connectivity index (χ2n) is 6.30. The van der Waals surface area contributed by atoms with Crippen molar-refractivity contribution >= 4 is 51.1 Å². The summed E-state index contributed by atoms with van der Waals surface area (Å²) in [4.78, 5) is 36.0. The van der Waals surface area contributed by atoms with E-state index >= 15 is 0 Å². The van der Waals surface area contributed by atoms with Gasteiger partial charge in [-0.15, -0.1) is 11.3 Å². The zero-order valence-electron chi connectivity index (χ0n) is 15.3. The molecule has 0 radical (unpaired) electrons. The fourth-order valence-corrected chi connectivity index (χ4v) is 4.36. The summed E-state index contributed by atoms with van der Waals surface area (Å²) in [5.74, 6) is -1.05. The van der Waals surface area contributed by atoms with E-state index in [4.69, 9.17) is 0 Å². The van der Waals surface area contributed by atoms with Gasteiger partial charge in [-0.25, -0.2) is 14.8 Å². The first-order chi connectivity index (χ1) is 14.0. The van der Waals surface area contributed by atoms with Gasteiger partial charge in [0.2, 0.25) is 0 Å². The van der Waals surface area contributed by atoms with E-state index in [2.05, 4.69) is 26.3 Å². The fraction of sp³-hybridized carbons (Fsp3) is 0.100. The predicted octanol–water partition coefficient (Wildman–Crippen LogP) is 4.57. The number of amides is 1. The molecule has 0 unspecified atom stereocenters. The number of aryl methyl sites for hydroxylation is 1. The number of aromatic amines is 1. The first-order valence-electron chi connectivity index (χ1n) is 8.67. The normalized spacial score (nSPS) is 10.9. The lowest BCUT2D eigenvalue weighted by Crippen LogP contribution is -2.16. The van der Waals surface area contributed by atoms with Gasteiger partial charge in [-0.2, -0.15) is 0 Å². The molecule has 0 saturated carbocycles. The summed E-state index contributed by atoms with van der Waals surface area (Å²) in [6.07, 6.45) is 0. The number of hydrogen-bond acceptors (Lipinski definition) is 6. The van der Waals surface area contributed by atoms with Gasteiger partial charge in [0.25, 0.3) is 5.91 Å². The summed E-state index contributed by atoms with van der Waals surface area (Å²) in [5, 5.41) is 15.0. The molecule has 2 heterocycles. The van der Waals surface area contributed by atoms with Gasteiger partial charge in [0.15, 0.2) is 10.3 Å². The highest BCUT2D eigenvalue weighted by molar-refractivity contribution is 7.98. The SMILES string of the molecule is Cc1ccc2nc(SCc3csc(NC(=O)c4ccccc4C(=O)O)n3)[nH]c2c1. The quantitative estimate of drug-likeness (QED) is 0.391. The minimum absolute atomic E-state index is 0.0440. The Morgan fingerprint density at radius 3 is 2.76 bits per heavy atom. The van der Waals surface area contributed by atoms with E-state index in [-0.39, 0.29) is 11.1 Å². The van der Waals surface area contributed by atoms with Crippen molar-refractivity contribution in [2.24, 2.45) is 0 Å². The fourth-order valence-electron chi connectivity index (χ4n) is 2.77. The van der Waals surface area contributed by atoms with Crippen LogP contribution < -0.4 is 5.32 Å². The molecule has 0 saturated heterocycles. The number of anilines is 1. The van der Waals surface area contributed by atoms with Crippen molar-refractivity contribution in [2.75, 3.05) is 5.32 Å². The first kappa shape index (κ1) is 19.2. The third-order valence-corrected chi connectivity index (χ3v) is 5.86. The number of H-pyrrole nitrogens is 1. The number of benzene rings is 2. The van der Waals surface area contributed by atoms with Crippen LogP contribution in [0.1, 0.15) is 32.0 Å². The Morgan fingerprint density at radius 1 is 1.17 bits per heavy atom. The Hall–Kier alpha value is -3.17. The molecule has 7 nitrogen and oxygen atoms in total. The molecule has 3 N–H and O–H groups in total. The van der Waals surface area contributed by atoms with Crippen molar-refractivity contribution in [3.63, 3.8) is 0 Å². The number of nitrogens with zero attached hydrogens (tertiary/aromatic N) is 2. The smallest absolute Gasteiger partial charge is 0.336 e. The molecule has 2 aromatic carbocycles. The van der Waals surface area contributed by atoms with Crippen molar-refractivity contribution in [3.05, 3.63) is 70.2 Å². The molecule has 9 heteroatoms. The van der Waals surface area contributed by atoms with Gasteiger partial charge < -0.3 is 10.1 Å². The van der Waals surface area contributed by atoms with Crippen LogP contribution in [0, 0.1) is 6.92 Å². The second kappa shape index (κ2) is 8.06. The van der Waals surface area contributed by atoms with Gasteiger partial charge in [0, 0.05) is 11.1 Å². The molecule has 0 fully saturated rings. The lowest BCUT2D eigenvalue weighted by molar-refractivity contribution is 0.0692. The Labute approximate surface area is 174 Å². The molecule has 4 aromatic rings. The average molecular weight is 425 g/mol. The third-order valence-electron chi connectivity index (χ3n) is 4.15. The van der Waals surface area contributed by atoms with Crippen molar-refractivity contribution in [3.8, 4) is 0 Å². The van der Waals surface area contributed by atoms with E-state index in [0.29, 0.717) is 10.9 Å². The lowest BCUT2D eigenvalue weighted by Gasteiger charge is -2.05. The molecule has 2 aromatic heterocycles. The van der Waals surface area contributed by atoms with Crippen LogP contribution in [0.3, 0.4) is 0 Å². The van der Waals surface area contributed by atoms with Crippen molar-refractivity contribution in [2.45, 2.75) is 17.8 Å². The zero-order chi connectivity index (χ0) is 20.4. The van der Waals surface area contributed by atoms with Crippen molar-refractivity contribution in [1.29, 1.82) is 0 Å². The average Bonchev–Trinajstić information content (AvgIpc) is 3.32. The molecule has 1 amide bonds. The maximum absolute atomic E-state index is 12.4. The highest BCUT2D eigenvalue weighted by atomic mass is 32.2. The number of aromatic nitrogens is 3. The summed E-state index contributed by atoms with van der Waals surface area (Å²) in [6.45, 7) is 2.03. The number of aromatic carboxylic acids is 1. The van der Waals surface area contributed by atoms with Gasteiger partial charge in [0.1, 0.15) is 0 Å². The van der Waals surface area contributed by atoms with Crippen LogP contribution in [0.4, 0.5) is 5.13 Å². The number of carboxylic acid groups (broad SMARTS) is 1. The van der Waals surface area contributed by atoms with Crippen LogP contribution in [0.5, 0.6) is 0 Å². The van der Waals surface area contributed by atoms with Gasteiger partial charge in [-0.05, 0) is 36.8 Å². The van der Waals surface area contributed by atoms with Gasteiger partial charge in [-0.3, -0.25) is 10.1 Å². The standard InChI is InChI=1S/C20H16N4O3S2/c1-11-6-7-15-16(8-11)23-20(22-15)29-10-12-9-28-19(21-12)24-17(25)13-4-2-3-5-14(13)18(26)27/h2-9H,10H2,1H3,(H,22,23)(H,26,27)(H,21,24,25). The van der Waals surface area contributed by atoms with E-state index in [1.54, 1.807) is 12.1 Å². The van der Waals surface area contributed by atoms with Gasteiger partial charge in [0.05, 0.1) is 27.9 Å². The number of thioether (sulfide) groups is 1. The molecule has 0 bridgehead atoms. The van der Waals surface area contributed by atoms with E-state index < -0.39 is 11.9 Å². The van der Waals surface area contributed by atoms with Crippen LogP contribution in [0.2, 0.25) is 0 Å². The first-order valence-corrected chi connectivity index (χ1v) is 10.5. The van der Waals surface area contributed by atoms with Crippen LogP contribution in [0.15, 0.2) is 53.0 Å². The number of carboxylic acids is 1. The summed E-state index contributed by atoms with van der Waals surface area (Å²) < 4.78 is 0. The van der Waals surface area contributed by atoms with Crippen LogP contribution in [0.25, 0.3) is 11.0 Å². The molecule has 0 aliphatic heterocycles. The number of carbonyl (C=O) groups excluding carboxylic acids is 1. The van der Waals surface area contributed by atoms with E-state index in [1.165, 1.54) is 40.8 Å². The Kier molecular flexibility index (Phi) is 5.32. The monoisotopic (exact) mass is 424 g/mol. The third kappa shape index (κ3) is 4.30. The van der Waals surface area contributed by atoms with Crippen LogP contribution in [-0.4, -0.2) is 31.9 Å². The molecular weight excluding hydrogens is 408 g/mol. The number of fused-ring (bicyclic) bond motifs is 1. The molecule has 0 aliphatic rings. The summed E-state index contributed by atoms with van der Waals surface area (Å²) in [6, 6.07) is 12.1. The minimum atomic E-state index is -1.15. The van der Waals surface area contributed by atoms with Crippen molar-refractivity contribution < 1.29 is 14.7 Å². The van der Waals surface area contributed by atoms with Crippen molar-refractivity contribution in [1.82, 2.24) is 15.0 Å². The molecule has 0 aliphatic carbocycles. The van der Waals surface area contributed by atoms with Crippen LogP contribution >= 0.6 is 23.1 Å². The predicted molar refractivity (Wildman–Crippen MR) is 114 cm³/mol. The summed E-state index contributed by atoms with van der Waals surface area (Å²) in [7, 11) is 0. The Morgan fingerprint density at radius 2 is 1.97 bits per heavy atom. The van der Waals surface area contributed by atoms with Gasteiger partial charge >= 0.3 is 5.97 Å². The highest BCUT2D eigenvalue weighted by Gasteiger charge is 2.17. The van der Waals surface area contributed by atoms with E-state index in [9.17, 15) is 14.7 Å². The number of nitrogens with one attached hydrogen (secondary N) is 2. The molecule has 146 valence electrons. The molecule has 0 atom stereocenters. The summed E-state index contributed by atoms with van der Waals surface area (Å²) >= 11 is 2.82. The van der Waals surface area contributed by atoms with Gasteiger partial charge in [-0.1, -0.05) is 30.0 Å². The Balaban J connectivity index is 1.42. The minimum Gasteiger partial charge on any atom is -0.478 e. The topological polar surface area (TPSA) is 108 Å². The number of rotatable bonds is 6. The molecular formula is C20H16N4O3S2. The Bertz CT molecular complexity index is 1220. The van der Waals surface area contributed by atoms with E-state index in [1.807, 2.05) is 24.4 Å². The van der Waals surface area contributed by atoms with Crippen LogP contribution in [-0.2, 0) is 5.75 Å². The largest absolute Gasteiger partial charge is 0.478 e. The number of carbonyl (C=O) groups is 2.